The summed E-state index contributed by atoms with van der Waals surface area (Å²) in [6.07, 6.45) is -2.75. The molecule has 1 aromatic rings. The number of Topliss-reactive ketones (excluding diaryl/α,β-unsaturated/α-hetero) is 1. The molecule has 8 heteroatoms. The van der Waals surface area contributed by atoms with E-state index in [9.17, 15) is 30.0 Å². The maximum Gasteiger partial charge on any atom is 0.372 e. The van der Waals surface area contributed by atoms with Crippen molar-refractivity contribution in [1.29, 1.82) is 0 Å². The van der Waals surface area contributed by atoms with Crippen molar-refractivity contribution >= 4 is 11.8 Å². The van der Waals surface area contributed by atoms with Gasteiger partial charge in [-0.25, -0.2) is 4.79 Å². The van der Waals surface area contributed by atoms with Gasteiger partial charge in [0, 0.05) is 12.0 Å². The summed E-state index contributed by atoms with van der Waals surface area (Å²) in [5.74, 6) is -0.622. The van der Waals surface area contributed by atoms with Crippen LogP contribution in [-0.2, 0) is 20.9 Å². The Morgan fingerprint density at radius 3 is 2.12 bits per heavy atom. The summed E-state index contributed by atoms with van der Waals surface area (Å²) in [5.41, 5.74) is 1.47. The highest BCUT2D eigenvalue weighted by molar-refractivity contribution is 6.32. The first-order valence-corrected chi connectivity index (χ1v) is 7.38. The second-order valence-electron chi connectivity index (χ2n) is 5.40. The Morgan fingerprint density at radius 1 is 1.04 bits per heavy atom. The predicted molar refractivity (Wildman–Crippen MR) is 85.3 cm³/mol. The highest BCUT2D eigenvalue weighted by Gasteiger charge is 2.32. The third-order valence-corrected chi connectivity index (χ3v) is 3.45. The number of aliphatic hydroxyl groups is 4. The molecule has 0 amide bonds. The molecule has 1 aromatic carbocycles. The van der Waals surface area contributed by atoms with Crippen molar-refractivity contribution in [2.45, 2.75) is 37.4 Å². The van der Waals surface area contributed by atoms with Crippen LogP contribution in [0.4, 0.5) is 0 Å². The van der Waals surface area contributed by atoms with E-state index in [-0.39, 0.29) is 13.2 Å². The third-order valence-electron chi connectivity index (χ3n) is 3.45. The SMILES string of the molecule is C#Cc1ccc(COC[C@@H](O)[C@@H](O)[C@H](O)[C@H](O)CC(=O)C(=O)O)cc1. The lowest BCUT2D eigenvalue weighted by atomic mass is 9.99. The largest absolute Gasteiger partial charge is 0.475 e. The van der Waals surface area contributed by atoms with Gasteiger partial charge in [-0.1, -0.05) is 18.1 Å². The molecule has 0 bridgehead atoms. The molecule has 0 aliphatic rings. The van der Waals surface area contributed by atoms with Crippen LogP contribution in [0.3, 0.4) is 0 Å². The van der Waals surface area contributed by atoms with Crippen LogP contribution in [-0.4, -0.2) is 68.3 Å². The number of carbonyl (C=O) groups is 2. The Labute approximate surface area is 144 Å². The monoisotopic (exact) mass is 352 g/mol. The highest BCUT2D eigenvalue weighted by atomic mass is 16.5. The molecule has 1 rings (SSSR count). The molecule has 0 saturated heterocycles. The van der Waals surface area contributed by atoms with Gasteiger partial charge in [-0.05, 0) is 17.7 Å². The number of hydrogen-bond acceptors (Lipinski definition) is 7. The van der Waals surface area contributed by atoms with Crippen LogP contribution < -0.4 is 0 Å². The fraction of sp³-hybridized carbons (Fsp3) is 0.412. The second-order valence-corrected chi connectivity index (χ2v) is 5.40. The average Bonchev–Trinajstić information content (AvgIpc) is 2.60. The summed E-state index contributed by atoms with van der Waals surface area (Å²) in [7, 11) is 0. The molecule has 0 heterocycles. The number of rotatable bonds is 10. The summed E-state index contributed by atoms with van der Waals surface area (Å²) < 4.78 is 5.21. The van der Waals surface area contributed by atoms with Gasteiger partial charge in [0.25, 0.3) is 0 Å². The van der Waals surface area contributed by atoms with E-state index in [1.807, 2.05) is 0 Å². The fourth-order valence-electron chi connectivity index (χ4n) is 1.95. The lowest BCUT2D eigenvalue weighted by molar-refractivity contribution is -0.153. The summed E-state index contributed by atoms with van der Waals surface area (Å²) >= 11 is 0. The zero-order valence-corrected chi connectivity index (χ0v) is 13.3. The summed E-state index contributed by atoms with van der Waals surface area (Å²) in [4.78, 5) is 21.4. The number of carboxylic acids is 1. The normalized spacial score (nSPS) is 15.6. The number of carboxylic acid groups (broad SMARTS) is 1. The van der Waals surface area contributed by atoms with Crippen molar-refractivity contribution in [3.63, 3.8) is 0 Å². The van der Waals surface area contributed by atoms with E-state index in [1.54, 1.807) is 24.3 Å². The molecule has 0 radical (unpaired) electrons. The highest BCUT2D eigenvalue weighted by Crippen LogP contribution is 2.10. The Balaban J connectivity index is 2.44. The number of benzene rings is 1. The molecule has 5 N–H and O–H groups in total. The summed E-state index contributed by atoms with van der Waals surface area (Å²) in [6, 6.07) is 6.88. The van der Waals surface area contributed by atoms with E-state index >= 15 is 0 Å². The number of ether oxygens (including phenoxy) is 1. The molecule has 136 valence electrons. The lowest BCUT2D eigenvalue weighted by Crippen LogP contribution is -2.47. The third kappa shape index (κ3) is 6.62. The van der Waals surface area contributed by atoms with Gasteiger partial charge in [0.15, 0.2) is 0 Å². The molecule has 0 aliphatic heterocycles. The van der Waals surface area contributed by atoms with Gasteiger partial charge in [-0.3, -0.25) is 4.79 Å². The summed E-state index contributed by atoms with van der Waals surface area (Å²) in [5, 5.41) is 47.2. The predicted octanol–water partition coefficient (Wildman–Crippen LogP) is -1.33. The molecule has 0 spiro atoms. The zero-order chi connectivity index (χ0) is 19.0. The topological polar surface area (TPSA) is 145 Å². The number of aliphatic carboxylic acids is 1. The Kier molecular flexibility index (Phi) is 8.21. The van der Waals surface area contributed by atoms with Crippen molar-refractivity contribution in [3.05, 3.63) is 35.4 Å². The van der Waals surface area contributed by atoms with Crippen LogP contribution in [0, 0.1) is 12.3 Å². The van der Waals surface area contributed by atoms with Gasteiger partial charge >= 0.3 is 5.97 Å². The first-order valence-electron chi connectivity index (χ1n) is 7.38. The Hall–Kier alpha value is -2.28. The zero-order valence-electron chi connectivity index (χ0n) is 13.3. The minimum Gasteiger partial charge on any atom is -0.475 e. The van der Waals surface area contributed by atoms with Gasteiger partial charge in [-0.2, -0.15) is 0 Å². The quantitative estimate of drug-likeness (QED) is 0.257. The number of terminal acetylenes is 1. The number of aliphatic hydroxyl groups excluding tert-OH is 4. The van der Waals surface area contributed by atoms with Crippen LogP contribution in [0.1, 0.15) is 17.5 Å². The van der Waals surface area contributed by atoms with Gasteiger partial charge in [0.05, 0.1) is 19.3 Å². The maximum atomic E-state index is 11.0. The van der Waals surface area contributed by atoms with Crippen LogP contribution >= 0.6 is 0 Å². The smallest absolute Gasteiger partial charge is 0.372 e. The minimum absolute atomic E-state index is 0.116. The van der Waals surface area contributed by atoms with E-state index in [0.717, 1.165) is 5.56 Å². The first kappa shape index (κ1) is 20.8. The van der Waals surface area contributed by atoms with Crippen molar-refractivity contribution in [2.24, 2.45) is 0 Å². The van der Waals surface area contributed by atoms with Crippen molar-refractivity contribution < 1.29 is 39.9 Å². The molecule has 0 saturated carbocycles. The van der Waals surface area contributed by atoms with E-state index in [0.29, 0.717) is 5.56 Å². The molecular formula is C17H20O8. The standard InChI is InChI=1S/C17H20O8/c1-2-10-3-5-11(6-4-10)8-25-9-14(20)16(22)15(21)12(18)7-13(19)17(23)24/h1,3-6,12,14-16,18,20-22H,7-9H2,(H,23,24)/t12-,14-,15-,16-/m1/s1. The van der Waals surface area contributed by atoms with Crippen LogP contribution in [0.25, 0.3) is 0 Å². The Bertz CT molecular complexity index is 619. The minimum atomic E-state index is -1.91. The fourth-order valence-corrected chi connectivity index (χ4v) is 1.95. The number of ketones is 1. The molecule has 0 aromatic heterocycles. The average molecular weight is 352 g/mol. The molecule has 0 unspecified atom stereocenters. The number of hydrogen-bond donors (Lipinski definition) is 5. The molecule has 0 fully saturated rings. The van der Waals surface area contributed by atoms with Crippen LogP contribution in [0.2, 0.25) is 0 Å². The van der Waals surface area contributed by atoms with Gasteiger partial charge in [0.1, 0.15) is 18.3 Å². The Morgan fingerprint density at radius 2 is 1.60 bits per heavy atom. The molecular weight excluding hydrogens is 332 g/mol. The van der Waals surface area contributed by atoms with Crippen molar-refractivity contribution in [1.82, 2.24) is 0 Å². The first-order chi connectivity index (χ1) is 11.8. The van der Waals surface area contributed by atoms with Crippen LogP contribution in [0.5, 0.6) is 0 Å². The van der Waals surface area contributed by atoms with Crippen molar-refractivity contribution in [3.8, 4) is 12.3 Å². The molecule has 0 aliphatic carbocycles. The van der Waals surface area contributed by atoms with Crippen LogP contribution in [0.15, 0.2) is 24.3 Å². The van der Waals surface area contributed by atoms with Crippen molar-refractivity contribution in [2.75, 3.05) is 6.61 Å². The van der Waals surface area contributed by atoms with E-state index in [4.69, 9.17) is 16.3 Å². The number of carbonyl (C=O) groups excluding carboxylic acids is 1. The van der Waals surface area contributed by atoms with Gasteiger partial charge < -0.3 is 30.3 Å². The van der Waals surface area contributed by atoms with E-state index < -0.39 is 42.6 Å². The molecule has 4 atom stereocenters. The maximum absolute atomic E-state index is 11.0. The molecule has 25 heavy (non-hydrogen) atoms. The van der Waals surface area contributed by atoms with E-state index in [1.165, 1.54) is 0 Å². The van der Waals surface area contributed by atoms with E-state index in [2.05, 4.69) is 5.92 Å². The lowest BCUT2D eigenvalue weighted by Gasteiger charge is -2.26. The van der Waals surface area contributed by atoms with Gasteiger partial charge in [-0.15, -0.1) is 6.42 Å². The second kappa shape index (κ2) is 9.88. The summed E-state index contributed by atoms with van der Waals surface area (Å²) in [6.45, 7) is -0.237. The molecule has 8 nitrogen and oxygen atoms in total. The van der Waals surface area contributed by atoms with Gasteiger partial charge in [0.2, 0.25) is 5.78 Å².